The van der Waals surface area contributed by atoms with Gasteiger partial charge in [0.1, 0.15) is 0 Å². The Labute approximate surface area is 124 Å². The molecular weight excluding hydrogens is 246 g/mol. The van der Waals surface area contributed by atoms with Gasteiger partial charge in [-0.3, -0.25) is 0 Å². The maximum Gasteiger partial charge on any atom is 0.0409 e. The van der Waals surface area contributed by atoms with E-state index in [2.05, 4.69) is 36.8 Å². The zero-order valence-electron chi connectivity index (χ0n) is 13.5. The van der Waals surface area contributed by atoms with Crippen molar-refractivity contribution in [1.29, 1.82) is 0 Å². The van der Waals surface area contributed by atoms with E-state index in [1.165, 1.54) is 31.5 Å². The molecule has 0 unspecified atom stereocenters. The van der Waals surface area contributed by atoms with Gasteiger partial charge in [-0.2, -0.15) is 0 Å². The Balaban J connectivity index is 0.000000327. The van der Waals surface area contributed by atoms with E-state index in [0.29, 0.717) is 6.04 Å². The number of rotatable bonds is 2. The summed E-state index contributed by atoms with van der Waals surface area (Å²) >= 11 is 0. The SMILES string of the molecule is C=CNc1ccccc1C.CC.CN1CCC(N)CC1. The van der Waals surface area contributed by atoms with Gasteiger partial charge in [0.2, 0.25) is 0 Å². The molecule has 0 saturated carbocycles. The second kappa shape index (κ2) is 11.5. The zero-order chi connectivity index (χ0) is 15.4. The van der Waals surface area contributed by atoms with Gasteiger partial charge in [0.15, 0.2) is 0 Å². The smallest absolute Gasteiger partial charge is 0.0409 e. The fourth-order valence-electron chi connectivity index (χ4n) is 1.87. The predicted molar refractivity (Wildman–Crippen MR) is 91.1 cm³/mol. The van der Waals surface area contributed by atoms with Crippen LogP contribution in [0.15, 0.2) is 37.0 Å². The van der Waals surface area contributed by atoms with Crippen molar-refractivity contribution in [2.45, 2.75) is 39.7 Å². The van der Waals surface area contributed by atoms with Crippen molar-refractivity contribution in [2.24, 2.45) is 5.73 Å². The van der Waals surface area contributed by atoms with Gasteiger partial charge in [-0.1, -0.05) is 38.6 Å². The molecule has 20 heavy (non-hydrogen) atoms. The molecule has 0 radical (unpaired) electrons. The molecule has 0 bridgehead atoms. The molecule has 114 valence electrons. The molecule has 0 atom stereocenters. The van der Waals surface area contributed by atoms with Crippen molar-refractivity contribution in [1.82, 2.24) is 4.90 Å². The minimum absolute atomic E-state index is 0.478. The number of benzene rings is 1. The first-order valence-electron chi connectivity index (χ1n) is 7.50. The number of hydrogen-bond acceptors (Lipinski definition) is 3. The molecule has 0 aromatic heterocycles. The van der Waals surface area contributed by atoms with Crippen LogP contribution in [0.2, 0.25) is 0 Å². The monoisotopic (exact) mass is 277 g/mol. The molecule has 0 amide bonds. The van der Waals surface area contributed by atoms with Gasteiger partial charge in [0.05, 0.1) is 0 Å². The summed E-state index contributed by atoms with van der Waals surface area (Å²) in [5, 5.41) is 3.04. The highest BCUT2D eigenvalue weighted by molar-refractivity contribution is 5.51. The first-order chi connectivity index (χ1) is 9.63. The van der Waals surface area contributed by atoms with E-state index in [1.54, 1.807) is 6.20 Å². The first kappa shape index (κ1) is 18.7. The molecule has 1 aromatic rings. The van der Waals surface area contributed by atoms with Gasteiger partial charge >= 0.3 is 0 Å². The number of anilines is 1. The lowest BCUT2D eigenvalue weighted by Crippen LogP contribution is -2.37. The molecule has 3 heteroatoms. The highest BCUT2D eigenvalue weighted by Crippen LogP contribution is 2.12. The minimum Gasteiger partial charge on any atom is -0.362 e. The van der Waals surface area contributed by atoms with Gasteiger partial charge in [-0.05, 0) is 57.7 Å². The number of para-hydroxylation sites is 1. The summed E-state index contributed by atoms with van der Waals surface area (Å²) in [6, 6.07) is 8.58. The minimum atomic E-state index is 0.478. The van der Waals surface area contributed by atoms with Gasteiger partial charge in [0, 0.05) is 11.7 Å². The number of nitrogens with zero attached hydrogens (tertiary/aromatic N) is 1. The van der Waals surface area contributed by atoms with Crippen molar-refractivity contribution in [2.75, 3.05) is 25.5 Å². The maximum absolute atomic E-state index is 5.67. The van der Waals surface area contributed by atoms with Crippen molar-refractivity contribution in [3.8, 4) is 0 Å². The summed E-state index contributed by atoms with van der Waals surface area (Å²) in [5.74, 6) is 0. The third kappa shape index (κ3) is 7.97. The van der Waals surface area contributed by atoms with Crippen molar-refractivity contribution >= 4 is 5.69 Å². The van der Waals surface area contributed by atoms with Crippen LogP contribution in [0.25, 0.3) is 0 Å². The van der Waals surface area contributed by atoms with Gasteiger partial charge in [-0.25, -0.2) is 0 Å². The average Bonchev–Trinajstić information content (AvgIpc) is 2.48. The summed E-state index contributed by atoms with van der Waals surface area (Å²) in [6.07, 6.45) is 4.04. The summed E-state index contributed by atoms with van der Waals surface area (Å²) < 4.78 is 0. The van der Waals surface area contributed by atoms with Crippen LogP contribution < -0.4 is 11.1 Å². The van der Waals surface area contributed by atoms with Crippen molar-refractivity contribution < 1.29 is 0 Å². The van der Waals surface area contributed by atoms with Crippen LogP contribution in [0, 0.1) is 6.92 Å². The molecular formula is C17H31N3. The third-order valence-electron chi connectivity index (χ3n) is 3.17. The molecule has 2 rings (SSSR count). The third-order valence-corrected chi connectivity index (χ3v) is 3.17. The Bertz CT molecular complexity index is 345. The fraction of sp³-hybridized carbons (Fsp3) is 0.529. The second-order valence-electron chi connectivity index (χ2n) is 4.80. The first-order valence-corrected chi connectivity index (χ1v) is 7.50. The number of aryl methyl sites for hydroxylation is 1. The Kier molecular flexibility index (Phi) is 10.7. The maximum atomic E-state index is 5.67. The van der Waals surface area contributed by atoms with E-state index < -0.39 is 0 Å². The highest BCUT2D eigenvalue weighted by Gasteiger charge is 2.11. The van der Waals surface area contributed by atoms with E-state index in [-0.39, 0.29) is 0 Å². The Morgan fingerprint density at radius 2 is 1.80 bits per heavy atom. The lowest BCUT2D eigenvalue weighted by molar-refractivity contribution is 0.256. The Morgan fingerprint density at radius 3 is 2.25 bits per heavy atom. The molecule has 3 nitrogen and oxygen atoms in total. The van der Waals surface area contributed by atoms with Crippen LogP contribution in [0.5, 0.6) is 0 Å². The number of nitrogens with two attached hydrogens (primary N) is 1. The Hall–Kier alpha value is -1.32. The second-order valence-corrected chi connectivity index (χ2v) is 4.80. The normalized spacial score (nSPS) is 15.2. The van der Waals surface area contributed by atoms with Crippen LogP contribution in [0.1, 0.15) is 32.3 Å². The number of piperidine rings is 1. The fourth-order valence-corrected chi connectivity index (χ4v) is 1.87. The predicted octanol–water partition coefficient (Wildman–Crippen LogP) is 3.62. The molecule has 1 heterocycles. The molecule has 1 aromatic carbocycles. The van der Waals surface area contributed by atoms with E-state index >= 15 is 0 Å². The van der Waals surface area contributed by atoms with Crippen LogP contribution in [-0.2, 0) is 0 Å². The van der Waals surface area contributed by atoms with Crippen LogP contribution in [0.3, 0.4) is 0 Å². The van der Waals surface area contributed by atoms with Crippen molar-refractivity contribution in [3.63, 3.8) is 0 Å². The summed E-state index contributed by atoms with van der Waals surface area (Å²) in [5.41, 5.74) is 8.03. The number of hydrogen-bond donors (Lipinski definition) is 2. The van der Waals surface area contributed by atoms with Crippen LogP contribution in [-0.4, -0.2) is 31.1 Å². The molecule has 1 saturated heterocycles. The molecule has 1 fully saturated rings. The van der Waals surface area contributed by atoms with E-state index in [0.717, 1.165) is 5.69 Å². The lowest BCUT2D eigenvalue weighted by atomic mass is 10.1. The van der Waals surface area contributed by atoms with E-state index in [9.17, 15) is 0 Å². The topological polar surface area (TPSA) is 41.3 Å². The molecule has 3 N–H and O–H groups in total. The average molecular weight is 277 g/mol. The van der Waals surface area contributed by atoms with Gasteiger partial charge in [0.25, 0.3) is 0 Å². The molecule has 1 aliphatic heterocycles. The summed E-state index contributed by atoms with van der Waals surface area (Å²) in [4.78, 5) is 2.32. The van der Waals surface area contributed by atoms with Gasteiger partial charge < -0.3 is 16.0 Å². The molecule has 1 aliphatic rings. The standard InChI is InChI=1S/C9H11N.C6H14N2.C2H6/c1-3-10-9-7-5-4-6-8(9)2;1-8-4-2-6(7)3-5-8;1-2/h3-7,10H,1H2,2H3;6H,2-5,7H2,1H3;1-2H3. The lowest BCUT2D eigenvalue weighted by Gasteiger charge is -2.25. The number of nitrogens with one attached hydrogen (secondary N) is 1. The van der Waals surface area contributed by atoms with E-state index in [4.69, 9.17) is 5.73 Å². The van der Waals surface area contributed by atoms with Crippen LogP contribution >= 0.6 is 0 Å². The van der Waals surface area contributed by atoms with Gasteiger partial charge in [-0.15, -0.1) is 0 Å². The number of likely N-dealkylation sites (tertiary alicyclic amines) is 1. The molecule has 0 aliphatic carbocycles. The summed E-state index contributed by atoms with van der Waals surface area (Å²) in [6.45, 7) is 12.0. The quantitative estimate of drug-likeness (QED) is 0.867. The van der Waals surface area contributed by atoms with E-state index in [1.807, 2.05) is 32.0 Å². The Morgan fingerprint density at radius 1 is 1.25 bits per heavy atom. The van der Waals surface area contributed by atoms with Crippen LogP contribution in [0.4, 0.5) is 5.69 Å². The zero-order valence-corrected chi connectivity index (χ0v) is 13.5. The highest BCUT2D eigenvalue weighted by atomic mass is 15.1. The van der Waals surface area contributed by atoms with Crippen molar-refractivity contribution in [3.05, 3.63) is 42.6 Å². The largest absolute Gasteiger partial charge is 0.362 e. The summed E-state index contributed by atoms with van der Waals surface area (Å²) in [7, 11) is 2.14. The molecule has 0 spiro atoms.